The Kier molecular flexibility index (Phi) is 19.4. The van der Waals surface area contributed by atoms with Crippen molar-refractivity contribution < 1.29 is 44.9 Å². The van der Waals surface area contributed by atoms with E-state index in [4.69, 9.17) is 9.47 Å². The van der Waals surface area contributed by atoms with Gasteiger partial charge in [0.1, 0.15) is 11.9 Å². The normalized spacial score (nSPS) is 30.4. The number of phenols is 3. The number of Topliss-reactive ketones (excluding diaryl/α,β-unsaturated/α-hetero) is 1. The Morgan fingerprint density at radius 1 is 0.766 bits per heavy atom. The molecular formula is C79H92N2O9S4. The SMILES string of the molecule is CCc1ccc2cccc3c2c1Cc1c(ccc(O)c1OC)C[C@@H](Cc1cc[nH]c1)[C@H](O)[C@@H]1C(=O)[C@](c2cc(O)c4c(c2)[C@@]2(NC)CCC[C@H](C5(c6ccccc6)CCCCC5)[C@H]2C=C4)([C@H]2CSSC[C@H]4CCCC[C@@H]4Oc4cc2ccc4O)[C@@H](O)C[C@H]1CSS[C@H]3CO. The molecule has 0 saturated heterocycles. The lowest BCUT2D eigenvalue weighted by Gasteiger charge is -2.57. The highest BCUT2D eigenvalue weighted by atomic mass is 33.1. The van der Waals surface area contributed by atoms with Crippen LogP contribution in [0.15, 0.2) is 128 Å². The van der Waals surface area contributed by atoms with Gasteiger partial charge in [0, 0.05) is 70.9 Å². The third kappa shape index (κ3) is 11.6. The third-order valence-corrected chi connectivity index (χ3v) is 29.2. The van der Waals surface area contributed by atoms with Crippen LogP contribution in [0.2, 0.25) is 0 Å². The van der Waals surface area contributed by atoms with E-state index in [1.54, 1.807) is 68.5 Å². The van der Waals surface area contributed by atoms with Crippen molar-refractivity contribution in [2.24, 2.45) is 35.5 Å². The fourth-order valence-corrected chi connectivity index (χ4v) is 25.0. The number of hydrogen-bond donors (Lipinski definition) is 8. The minimum Gasteiger partial charge on any atom is -0.507 e. The third-order valence-electron chi connectivity index (χ3n) is 23.9. The Morgan fingerprint density at radius 3 is 2.36 bits per heavy atom. The monoisotopic (exact) mass is 1340 g/mol. The number of aromatic hydroxyl groups is 3. The first kappa shape index (κ1) is 65.8. The Morgan fingerprint density at radius 2 is 1.57 bits per heavy atom. The number of aliphatic hydroxyl groups excluding tert-OH is 3. The van der Waals surface area contributed by atoms with Crippen molar-refractivity contribution in [2.75, 3.05) is 38.0 Å². The van der Waals surface area contributed by atoms with Crippen molar-refractivity contribution in [3.05, 3.63) is 189 Å². The average molecular weight is 1340 g/mol. The Balaban J connectivity index is 0.977. The van der Waals surface area contributed by atoms with E-state index in [9.17, 15) is 30.6 Å². The maximum absolute atomic E-state index is 18.1. The number of aromatic nitrogens is 1. The van der Waals surface area contributed by atoms with E-state index in [1.165, 1.54) is 12.0 Å². The summed E-state index contributed by atoms with van der Waals surface area (Å²) in [4.78, 5) is 21.4. The molecule has 0 unspecified atom stereocenters. The summed E-state index contributed by atoms with van der Waals surface area (Å²) in [5.74, 6) is -0.378. The van der Waals surface area contributed by atoms with Gasteiger partial charge in [-0.2, -0.15) is 0 Å². The van der Waals surface area contributed by atoms with Crippen LogP contribution in [0.4, 0.5) is 0 Å². The molecule has 496 valence electrons. The zero-order valence-electron chi connectivity index (χ0n) is 54.4. The number of aryl methyl sites for hydroxylation is 1. The molecule has 7 aromatic rings. The van der Waals surface area contributed by atoms with Crippen LogP contribution < -0.4 is 14.8 Å². The molecule has 1 aromatic heterocycles. The Bertz CT molecular complexity index is 3890. The van der Waals surface area contributed by atoms with Crippen LogP contribution in [0.25, 0.3) is 16.8 Å². The molecule has 7 aliphatic rings. The van der Waals surface area contributed by atoms with Gasteiger partial charge in [0.25, 0.3) is 0 Å². The highest BCUT2D eigenvalue weighted by Crippen LogP contribution is 2.62. The molecule has 0 radical (unpaired) electrons. The van der Waals surface area contributed by atoms with Crippen LogP contribution in [-0.2, 0) is 46.8 Å². The van der Waals surface area contributed by atoms with E-state index >= 15 is 4.79 Å². The predicted molar refractivity (Wildman–Crippen MR) is 385 cm³/mol. The Labute approximate surface area is 570 Å². The number of rotatable bonds is 10. The van der Waals surface area contributed by atoms with Crippen LogP contribution >= 0.6 is 43.2 Å². The number of ether oxygens (including phenoxy) is 2. The van der Waals surface area contributed by atoms with Crippen molar-refractivity contribution in [3.8, 4) is 28.7 Å². The first-order valence-corrected chi connectivity index (χ1v) is 39.6. The lowest BCUT2D eigenvalue weighted by atomic mass is 9.49. The van der Waals surface area contributed by atoms with E-state index in [0.29, 0.717) is 53.4 Å². The molecule has 4 saturated carbocycles. The summed E-state index contributed by atoms with van der Waals surface area (Å²) in [5, 5.41) is 82.7. The average Bonchev–Trinajstić information content (AvgIpc) is 0.728. The second-order valence-corrected chi connectivity index (χ2v) is 33.5. The van der Waals surface area contributed by atoms with Crippen LogP contribution in [0.3, 0.4) is 0 Å². The van der Waals surface area contributed by atoms with Crippen molar-refractivity contribution in [1.29, 1.82) is 0 Å². The van der Waals surface area contributed by atoms with Crippen molar-refractivity contribution in [2.45, 2.75) is 162 Å². The highest BCUT2D eigenvalue weighted by molar-refractivity contribution is 8.77. The number of H-pyrrole nitrogens is 1. The maximum Gasteiger partial charge on any atom is 0.164 e. The molecule has 4 fully saturated rings. The first-order valence-electron chi connectivity index (χ1n) is 34.7. The number of phenolic OH excluding ortho intramolecular Hbond substituents is 3. The number of aromatic amines is 1. The van der Waals surface area contributed by atoms with Gasteiger partial charge in [-0.1, -0.05) is 173 Å². The van der Waals surface area contributed by atoms with Gasteiger partial charge in [-0.25, -0.2) is 0 Å². The molecular weight excluding hydrogens is 1250 g/mol. The molecule has 2 bridgehead atoms. The van der Waals surface area contributed by atoms with Gasteiger partial charge in [-0.05, 0) is 192 Å². The van der Waals surface area contributed by atoms with Crippen LogP contribution in [-0.4, -0.2) is 97.7 Å². The zero-order valence-corrected chi connectivity index (χ0v) is 57.7. The second kappa shape index (κ2) is 27.8. The topological polar surface area (TPSA) is 185 Å². The summed E-state index contributed by atoms with van der Waals surface area (Å²) in [5.41, 5.74) is 7.60. The van der Waals surface area contributed by atoms with Gasteiger partial charge in [0.15, 0.2) is 28.8 Å². The summed E-state index contributed by atoms with van der Waals surface area (Å²) in [6.07, 6.45) is 20.2. The molecule has 0 spiro atoms. The van der Waals surface area contributed by atoms with E-state index in [-0.39, 0.29) is 65.3 Å². The molecule has 94 heavy (non-hydrogen) atoms. The molecule has 15 heteroatoms. The lowest BCUT2D eigenvalue weighted by Crippen LogP contribution is -2.63. The quantitative estimate of drug-likeness (QED) is 0.0605. The minimum absolute atomic E-state index is 0.00415. The number of methoxy groups -OCH3 is 1. The second-order valence-electron chi connectivity index (χ2n) is 28.3. The number of hydrogen-bond acceptors (Lipinski definition) is 14. The van der Waals surface area contributed by atoms with Crippen molar-refractivity contribution in [3.63, 3.8) is 0 Å². The van der Waals surface area contributed by atoms with Gasteiger partial charge in [-0.15, -0.1) is 0 Å². The number of benzene rings is 6. The van der Waals surface area contributed by atoms with Gasteiger partial charge < -0.3 is 50.4 Å². The lowest BCUT2D eigenvalue weighted by molar-refractivity contribution is -0.150. The van der Waals surface area contributed by atoms with Crippen LogP contribution in [0.1, 0.15) is 163 Å². The summed E-state index contributed by atoms with van der Waals surface area (Å²) in [7, 11) is 10.3. The molecule has 5 aliphatic carbocycles. The number of carbonyl (C=O) groups is 1. The first-order chi connectivity index (χ1) is 45.8. The molecule has 2 aliphatic heterocycles. The van der Waals surface area contributed by atoms with E-state index in [2.05, 4.69) is 103 Å². The van der Waals surface area contributed by atoms with Crippen molar-refractivity contribution in [1.82, 2.24) is 10.3 Å². The van der Waals surface area contributed by atoms with E-state index in [0.717, 1.165) is 138 Å². The zero-order chi connectivity index (χ0) is 64.9. The smallest absolute Gasteiger partial charge is 0.164 e. The van der Waals surface area contributed by atoms with Gasteiger partial charge >= 0.3 is 0 Å². The van der Waals surface area contributed by atoms with Crippen molar-refractivity contribution >= 4 is 65.8 Å². The summed E-state index contributed by atoms with van der Waals surface area (Å²) >= 11 is 0. The maximum atomic E-state index is 18.1. The summed E-state index contributed by atoms with van der Waals surface area (Å²) in [6.45, 7) is 1.99. The number of carbonyl (C=O) groups excluding carboxylic acids is 1. The summed E-state index contributed by atoms with van der Waals surface area (Å²) in [6, 6.07) is 37.0. The van der Waals surface area contributed by atoms with E-state index in [1.807, 2.05) is 36.7 Å². The largest absolute Gasteiger partial charge is 0.507 e. The fourth-order valence-electron chi connectivity index (χ4n) is 19.3. The molecule has 14 rings (SSSR count). The van der Waals surface area contributed by atoms with E-state index < -0.39 is 52.1 Å². The molecule has 13 atom stereocenters. The number of nitrogens with one attached hydrogen (secondary N) is 2. The Hall–Kier alpha value is -5.49. The molecule has 8 N–H and O–H groups in total. The molecule has 3 heterocycles. The molecule has 0 amide bonds. The minimum atomic E-state index is -1.79. The predicted octanol–water partition coefficient (Wildman–Crippen LogP) is 16.0. The van der Waals surface area contributed by atoms with Gasteiger partial charge in [-0.3, -0.25) is 4.79 Å². The van der Waals surface area contributed by atoms with Gasteiger partial charge in [0.2, 0.25) is 0 Å². The fraction of sp³-hybridized carbons (Fsp3) is 0.481. The molecule has 11 nitrogen and oxygen atoms in total. The number of fused-ring (bicyclic) bond motifs is 8. The van der Waals surface area contributed by atoms with Crippen LogP contribution in [0.5, 0.6) is 28.7 Å². The van der Waals surface area contributed by atoms with Crippen LogP contribution in [0, 0.1) is 35.5 Å². The highest BCUT2D eigenvalue weighted by Gasteiger charge is 2.63. The molecule has 6 aromatic carbocycles. The number of ketones is 1. The number of aliphatic hydroxyl groups is 3. The van der Waals surface area contributed by atoms with Gasteiger partial charge in [0.05, 0.1) is 42.1 Å². The standard InChI is InChI=1S/C79H92N2O9S4/c1-4-48-22-23-49-16-13-19-58-70(43-82)94-93-45-54-38-71(86)79(64-46-92-91-44-52-15-9-10-21-68(52)90-69-37-51(64)25-28-65(69)83,76(88)73(54)74(87)53(35-47-30-34-81-42-47)36-50-24-29-66(84)75(89-3)60(50)41-59(48)72(49)58)56-39-63-57(67(85)40-56)26-27-62-61(20-14-33-78(62,63)80-2)77(31-11-6-12-32-77)55-17-7-5-8-18-55/h5,7-8,13,16-19,22-30,34,37,39-40,42,52-54,61-62,64,68,70-71,73-74,80-87H,4,6,9-12,14-15,20-21,31-33,35-36,38,41,43-46H2,1-3H3/t52-,53-,54+,61+,62-,64+,68+,70+,71+,73-,74+,78-,79-/m1/s1. The summed E-state index contributed by atoms with van der Waals surface area (Å²) < 4.78 is 13.2.